The number of phenols is 1. The Balaban J connectivity index is 2.67. The molecule has 0 atom stereocenters. The summed E-state index contributed by atoms with van der Waals surface area (Å²) in [4.78, 5) is 0.167. The molecule has 0 aliphatic heterocycles. The van der Waals surface area contributed by atoms with Crippen molar-refractivity contribution in [3.05, 3.63) is 25.9 Å². The topological polar surface area (TPSA) is 62.1 Å². The number of aromatic nitrogens is 2. The molecule has 0 bridgehead atoms. The van der Waals surface area contributed by atoms with Gasteiger partial charge in [0.15, 0.2) is 0 Å². The van der Waals surface area contributed by atoms with E-state index >= 15 is 0 Å². The van der Waals surface area contributed by atoms with Crippen LogP contribution in [-0.2, 0) is 0 Å². The van der Waals surface area contributed by atoms with Crippen molar-refractivity contribution in [1.82, 2.24) is 10.2 Å². The molecule has 0 saturated carbocycles. The average Bonchev–Trinajstić information content (AvgIpc) is 2.58. The Kier molecular flexibility index (Phi) is 2.94. The second-order valence-electron chi connectivity index (χ2n) is 2.70. The van der Waals surface area contributed by atoms with Crippen molar-refractivity contribution in [2.75, 3.05) is 0 Å². The van der Waals surface area contributed by atoms with Gasteiger partial charge in [-0.25, -0.2) is 5.10 Å². The van der Waals surface area contributed by atoms with Crippen molar-refractivity contribution >= 4 is 44.1 Å². The summed E-state index contributed by atoms with van der Waals surface area (Å²) < 4.78 is 6.46. The predicted octanol–water partition coefficient (Wildman–Crippen LogP) is 3.63. The minimum Gasteiger partial charge on any atom is -0.506 e. The van der Waals surface area contributed by atoms with Gasteiger partial charge in [0.05, 0.1) is 10.0 Å². The van der Waals surface area contributed by atoms with Crippen molar-refractivity contribution in [2.45, 2.75) is 0 Å². The Morgan fingerprint density at radius 2 is 2.13 bits per heavy atom. The first-order valence-electron chi connectivity index (χ1n) is 3.82. The lowest BCUT2D eigenvalue weighted by Gasteiger charge is -2.02. The van der Waals surface area contributed by atoms with Gasteiger partial charge in [-0.15, -0.1) is 5.10 Å². The molecule has 2 rings (SSSR count). The highest BCUT2D eigenvalue weighted by Crippen LogP contribution is 2.37. The van der Waals surface area contributed by atoms with Gasteiger partial charge in [-0.2, -0.15) is 0 Å². The lowest BCUT2D eigenvalue weighted by atomic mass is 10.2. The van der Waals surface area contributed by atoms with Crippen molar-refractivity contribution in [3.8, 4) is 17.2 Å². The number of halogens is 2. The van der Waals surface area contributed by atoms with Crippen molar-refractivity contribution in [2.24, 2.45) is 0 Å². The first-order chi connectivity index (χ1) is 7.08. The van der Waals surface area contributed by atoms with Crippen LogP contribution in [0.5, 0.6) is 5.75 Å². The Hall–Kier alpha value is -0.660. The molecule has 1 heterocycles. The zero-order valence-corrected chi connectivity index (χ0v) is 11.1. The number of nitrogens with zero attached hydrogens (tertiary/aromatic N) is 1. The third-order valence-corrected chi connectivity index (χ3v) is 2.93. The van der Waals surface area contributed by atoms with E-state index in [1.165, 1.54) is 0 Å². The predicted molar refractivity (Wildman–Crippen MR) is 64.2 cm³/mol. The summed E-state index contributed by atoms with van der Waals surface area (Å²) in [6, 6.07) is 3.41. The van der Waals surface area contributed by atoms with Crippen LogP contribution in [0.25, 0.3) is 11.5 Å². The fraction of sp³-hybridized carbons (Fsp3) is 0. The minimum absolute atomic E-state index is 0.0588. The smallest absolute Gasteiger partial charge is 0.284 e. The molecule has 0 radical (unpaired) electrons. The normalized spacial score (nSPS) is 10.5. The zero-order chi connectivity index (χ0) is 11.0. The zero-order valence-electron chi connectivity index (χ0n) is 7.12. The van der Waals surface area contributed by atoms with Crippen molar-refractivity contribution in [1.29, 1.82) is 0 Å². The quantitative estimate of drug-likeness (QED) is 0.770. The third kappa shape index (κ3) is 2.14. The second kappa shape index (κ2) is 4.07. The monoisotopic (exact) mass is 350 g/mol. The summed E-state index contributed by atoms with van der Waals surface area (Å²) in [7, 11) is 0. The maximum atomic E-state index is 9.77. The van der Waals surface area contributed by atoms with Crippen LogP contribution in [0, 0.1) is 4.84 Å². The van der Waals surface area contributed by atoms with Gasteiger partial charge in [0.2, 0.25) is 5.89 Å². The Labute approximate surface area is 107 Å². The minimum atomic E-state index is 0.0588. The molecule has 0 amide bonds. The number of benzene rings is 1. The first-order valence-corrected chi connectivity index (χ1v) is 5.81. The highest BCUT2D eigenvalue weighted by atomic mass is 79.9. The highest BCUT2D eigenvalue weighted by Gasteiger charge is 2.13. The molecule has 15 heavy (non-hydrogen) atoms. The summed E-state index contributed by atoms with van der Waals surface area (Å²) in [6.07, 6.45) is 0. The van der Waals surface area contributed by atoms with Gasteiger partial charge in [0.1, 0.15) is 5.75 Å². The van der Waals surface area contributed by atoms with Crippen LogP contribution in [0.15, 0.2) is 25.5 Å². The Morgan fingerprint density at radius 3 is 2.73 bits per heavy atom. The van der Waals surface area contributed by atoms with Gasteiger partial charge >= 0.3 is 0 Å². The van der Waals surface area contributed by atoms with E-state index in [-0.39, 0.29) is 16.5 Å². The fourth-order valence-corrected chi connectivity index (χ4v) is 2.42. The van der Waals surface area contributed by atoms with Gasteiger partial charge in [-0.3, -0.25) is 0 Å². The Morgan fingerprint density at radius 1 is 1.40 bits per heavy atom. The molecule has 0 unspecified atom stereocenters. The van der Waals surface area contributed by atoms with Crippen molar-refractivity contribution < 1.29 is 9.52 Å². The summed E-state index contributed by atoms with van der Waals surface area (Å²) in [5.74, 6) is 0.308. The molecular formula is C8H4Br2N2O2S. The summed E-state index contributed by atoms with van der Waals surface area (Å²) in [5, 5.41) is 16.1. The lowest BCUT2D eigenvalue weighted by Crippen LogP contribution is -1.81. The molecule has 2 N–H and O–H groups in total. The third-order valence-electron chi connectivity index (χ3n) is 1.70. The maximum absolute atomic E-state index is 9.77. The van der Waals surface area contributed by atoms with Gasteiger partial charge < -0.3 is 9.52 Å². The SMILES string of the molecule is Oc1c(Br)cc(Br)cc1-c1n[nH]c(=S)o1. The van der Waals surface area contributed by atoms with Crippen LogP contribution in [0.1, 0.15) is 0 Å². The summed E-state index contributed by atoms with van der Waals surface area (Å²) in [6.45, 7) is 0. The molecule has 7 heteroatoms. The van der Waals surface area contributed by atoms with E-state index in [1.54, 1.807) is 12.1 Å². The molecule has 0 spiro atoms. The van der Waals surface area contributed by atoms with Gasteiger partial charge in [-0.1, -0.05) is 15.9 Å². The molecule has 0 aliphatic carbocycles. The van der Waals surface area contributed by atoms with E-state index in [9.17, 15) is 5.11 Å². The molecule has 0 saturated heterocycles. The fourth-order valence-electron chi connectivity index (χ4n) is 1.07. The van der Waals surface area contributed by atoms with Crippen LogP contribution in [0.2, 0.25) is 0 Å². The van der Waals surface area contributed by atoms with E-state index in [1.807, 2.05) is 0 Å². The van der Waals surface area contributed by atoms with E-state index < -0.39 is 0 Å². The van der Waals surface area contributed by atoms with E-state index in [2.05, 4.69) is 42.1 Å². The number of aromatic amines is 1. The number of aromatic hydroxyl groups is 1. The van der Waals surface area contributed by atoms with Gasteiger partial charge in [-0.05, 0) is 40.3 Å². The lowest BCUT2D eigenvalue weighted by molar-refractivity contribution is 0.468. The number of nitrogens with one attached hydrogen (secondary N) is 1. The van der Waals surface area contributed by atoms with Crippen molar-refractivity contribution in [3.63, 3.8) is 0 Å². The Bertz CT molecular complexity index is 564. The number of H-pyrrole nitrogens is 1. The van der Waals surface area contributed by atoms with E-state index in [0.29, 0.717) is 10.0 Å². The molecule has 4 nitrogen and oxygen atoms in total. The molecule has 1 aromatic carbocycles. The largest absolute Gasteiger partial charge is 0.506 e. The van der Waals surface area contributed by atoms with Crippen LogP contribution in [-0.4, -0.2) is 15.3 Å². The van der Waals surface area contributed by atoms with Gasteiger partial charge in [0.25, 0.3) is 4.84 Å². The average molecular weight is 352 g/mol. The maximum Gasteiger partial charge on any atom is 0.284 e. The summed E-state index contributed by atoms with van der Waals surface area (Å²) >= 11 is 11.3. The van der Waals surface area contributed by atoms with E-state index in [0.717, 1.165) is 4.47 Å². The first kappa shape index (κ1) is 10.8. The molecule has 0 aliphatic rings. The number of hydrogen-bond donors (Lipinski definition) is 2. The standard InChI is InChI=1S/C8H4Br2N2O2S/c9-3-1-4(6(13)5(10)2-3)7-11-12-8(15)14-7/h1-2,13H,(H,12,15). The number of hydrogen-bond acceptors (Lipinski definition) is 4. The second-order valence-corrected chi connectivity index (χ2v) is 4.84. The van der Waals surface area contributed by atoms with Gasteiger partial charge in [0, 0.05) is 4.47 Å². The molecular weight excluding hydrogens is 348 g/mol. The van der Waals surface area contributed by atoms with Crippen LogP contribution in [0.4, 0.5) is 0 Å². The van der Waals surface area contributed by atoms with Crippen LogP contribution >= 0.6 is 44.1 Å². The van der Waals surface area contributed by atoms with Crippen LogP contribution < -0.4 is 0 Å². The number of rotatable bonds is 1. The molecule has 2 aromatic rings. The molecule has 0 fully saturated rings. The number of phenolic OH excluding ortho intramolecular Hbond substituents is 1. The highest BCUT2D eigenvalue weighted by molar-refractivity contribution is 9.11. The molecule has 78 valence electrons. The summed E-state index contributed by atoms with van der Waals surface area (Å²) in [5.41, 5.74) is 0.462. The van der Waals surface area contributed by atoms with E-state index in [4.69, 9.17) is 16.6 Å². The van der Waals surface area contributed by atoms with Crippen LogP contribution in [0.3, 0.4) is 0 Å². The molecule has 1 aromatic heterocycles.